The van der Waals surface area contributed by atoms with Crippen LogP contribution in [0.1, 0.15) is 17.3 Å². The van der Waals surface area contributed by atoms with Gasteiger partial charge in [0.15, 0.2) is 0 Å². The van der Waals surface area contributed by atoms with Crippen LogP contribution in [0.3, 0.4) is 0 Å². The van der Waals surface area contributed by atoms with Gasteiger partial charge < -0.3 is 10.5 Å². The molecule has 0 spiro atoms. The SMILES string of the molecule is CCOC(=O)c1cc(N)c(Cl)cc1Cl. The van der Waals surface area contributed by atoms with Gasteiger partial charge in [0.25, 0.3) is 0 Å². The predicted octanol–water partition coefficient (Wildman–Crippen LogP) is 2.75. The van der Waals surface area contributed by atoms with Gasteiger partial charge in [0.05, 0.1) is 27.9 Å². The molecule has 1 aromatic carbocycles. The number of halogens is 2. The molecule has 0 aromatic heterocycles. The van der Waals surface area contributed by atoms with Crippen molar-refractivity contribution in [3.8, 4) is 0 Å². The minimum absolute atomic E-state index is 0.232. The van der Waals surface area contributed by atoms with Gasteiger partial charge in [0, 0.05) is 0 Å². The molecule has 0 saturated heterocycles. The van der Waals surface area contributed by atoms with Crippen molar-refractivity contribution in [1.29, 1.82) is 0 Å². The van der Waals surface area contributed by atoms with E-state index in [0.29, 0.717) is 10.7 Å². The summed E-state index contributed by atoms with van der Waals surface area (Å²) in [5.74, 6) is -0.499. The van der Waals surface area contributed by atoms with Gasteiger partial charge in [-0.3, -0.25) is 0 Å². The summed E-state index contributed by atoms with van der Waals surface area (Å²) in [6.07, 6.45) is 0. The van der Waals surface area contributed by atoms with Gasteiger partial charge in [-0.2, -0.15) is 0 Å². The van der Waals surface area contributed by atoms with Gasteiger partial charge in [-0.05, 0) is 19.1 Å². The largest absolute Gasteiger partial charge is 0.462 e. The molecule has 1 rings (SSSR count). The summed E-state index contributed by atoms with van der Waals surface area (Å²) < 4.78 is 4.78. The van der Waals surface area contributed by atoms with Crippen LogP contribution in [-0.2, 0) is 4.74 Å². The first-order chi connectivity index (χ1) is 6.56. The van der Waals surface area contributed by atoms with Crippen molar-refractivity contribution in [3.05, 3.63) is 27.7 Å². The van der Waals surface area contributed by atoms with Crippen LogP contribution in [0.4, 0.5) is 5.69 Å². The van der Waals surface area contributed by atoms with Crippen LogP contribution in [0.15, 0.2) is 12.1 Å². The maximum absolute atomic E-state index is 11.3. The van der Waals surface area contributed by atoms with Crippen LogP contribution >= 0.6 is 23.2 Å². The van der Waals surface area contributed by atoms with E-state index in [4.69, 9.17) is 33.7 Å². The van der Waals surface area contributed by atoms with E-state index in [1.165, 1.54) is 12.1 Å². The number of rotatable bonds is 2. The lowest BCUT2D eigenvalue weighted by molar-refractivity contribution is 0.0526. The second kappa shape index (κ2) is 4.53. The zero-order valence-corrected chi connectivity index (χ0v) is 9.02. The quantitative estimate of drug-likeness (QED) is 0.632. The molecule has 0 heterocycles. The highest BCUT2D eigenvalue weighted by molar-refractivity contribution is 6.38. The summed E-state index contributed by atoms with van der Waals surface area (Å²) in [6.45, 7) is 2.00. The third-order valence-corrected chi connectivity index (χ3v) is 2.22. The van der Waals surface area contributed by atoms with Crippen molar-refractivity contribution in [2.45, 2.75) is 6.92 Å². The van der Waals surface area contributed by atoms with E-state index in [1.807, 2.05) is 0 Å². The van der Waals surface area contributed by atoms with E-state index >= 15 is 0 Å². The van der Waals surface area contributed by atoms with Gasteiger partial charge in [-0.1, -0.05) is 23.2 Å². The summed E-state index contributed by atoms with van der Waals surface area (Å²) in [7, 11) is 0. The lowest BCUT2D eigenvalue weighted by Crippen LogP contribution is -2.06. The molecule has 0 amide bonds. The Kier molecular flexibility index (Phi) is 3.61. The minimum atomic E-state index is -0.499. The van der Waals surface area contributed by atoms with Gasteiger partial charge in [-0.15, -0.1) is 0 Å². The summed E-state index contributed by atoms with van der Waals surface area (Å²) >= 11 is 11.5. The molecule has 0 radical (unpaired) electrons. The third-order valence-electron chi connectivity index (χ3n) is 1.58. The smallest absolute Gasteiger partial charge is 0.339 e. The summed E-state index contributed by atoms with van der Waals surface area (Å²) in [4.78, 5) is 11.3. The Balaban J connectivity index is 3.09. The van der Waals surface area contributed by atoms with Crippen LogP contribution in [0, 0.1) is 0 Å². The maximum atomic E-state index is 11.3. The molecule has 3 nitrogen and oxygen atoms in total. The zero-order chi connectivity index (χ0) is 10.7. The molecule has 5 heteroatoms. The van der Waals surface area contributed by atoms with Crippen molar-refractivity contribution >= 4 is 34.9 Å². The lowest BCUT2D eigenvalue weighted by atomic mass is 10.2. The number of carbonyl (C=O) groups excluding carboxylic acids is 1. The van der Waals surface area contributed by atoms with E-state index in [1.54, 1.807) is 6.92 Å². The molecular weight excluding hydrogens is 225 g/mol. The van der Waals surface area contributed by atoms with Gasteiger partial charge >= 0.3 is 5.97 Å². The van der Waals surface area contributed by atoms with Crippen LogP contribution in [0.5, 0.6) is 0 Å². The first-order valence-electron chi connectivity index (χ1n) is 3.98. The van der Waals surface area contributed by atoms with Crippen LogP contribution in [-0.4, -0.2) is 12.6 Å². The number of hydrogen-bond donors (Lipinski definition) is 1. The Morgan fingerprint density at radius 2 is 2.07 bits per heavy atom. The number of hydrogen-bond acceptors (Lipinski definition) is 3. The monoisotopic (exact) mass is 233 g/mol. The van der Waals surface area contributed by atoms with E-state index in [-0.39, 0.29) is 17.2 Å². The topological polar surface area (TPSA) is 52.3 Å². The minimum Gasteiger partial charge on any atom is -0.462 e. The van der Waals surface area contributed by atoms with Gasteiger partial charge in [0.1, 0.15) is 0 Å². The van der Waals surface area contributed by atoms with Crippen LogP contribution < -0.4 is 5.73 Å². The number of nitrogen functional groups attached to an aromatic ring is 1. The number of ether oxygens (including phenoxy) is 1. The maximum Gasteiger partial charge on any atom is 0.339 e. The zero-order valence-electron chi connectivity index (χ0n) is 7.51. The third kappa shape index (κ3) is 2.30. The van der Waals surface area contributed by atoms with E-state index < -0.39 is 5.97 Å². The molecule has 14 heavy (non-hydrogen) atoms. The molecule has 0 saturated carbocycles. The fraction of sp³-hybridized carbons (Fsp3) is 0.222. The number of benzene rings is 1. The Morgan fingerprint density at radius 3 is 2.64 bits per heavy atom. The number of nitrogens with two attached hydrogens (primary N) is 1. The molecule has 0 aliphatic rings. The fourth-order valence-electron chi connectivity index (χ4n) is 0.931. The molecule has 0 unspecified atom stereocenters. The molecule has 0 bridgehead atoms. The second-order valence-electron chi connectivity index (χ2n) is 2.57. The fourth-order valence-corrected chi connectivity index (χ4v) is 1.39. The van der Waals surface area contributed by atoms with E-state index in [9.17, 15) is 4.79 Å². The van der Waals surface area contributed by atoms with Gasteiger partial charge in [0.2, 0.25) is 0 Å². The molecule has 0 aliphatic heterocycles. The average molecular weight is 234 g/mol. The van der Waals surface area contributed by atoms with E-state index in [0.717, 1.165) is 0 Å². The van der Waals surface area contributed by atoms with Crippen molar-refractivity contribution < 1.29 is 9.53 Å². The first-order valence-corrected chi connectivity index (χ1v) is 4.73. The molecule has 0 fully saturated rings. The molecule has 2 N–H and O–H groups in total. The van der Waals surface area contributed by atoms with E-state index in [2.05, 4.69) is 0 Å². The predicted molar refractivity (Wildman–Crippen MR) is 56.8 cm³/mol. The molecule has 76 valence electrons. The number of anilines is 1. The van der Waals surface area contributed by atoms with Gasteiger partial charge in [-0.25, -0.2) is 4.79 Å². The normalized spacial score (nSPS) is 9.93. The molecule has 0 atom stereocenters. The highest BCUT2D eigenvalue weighted by atomic mass is 35.5. The highest BCUT2D eigenvalue weighted by Gasteiger charge is 2.13. The Labute approximate surface area is 91.7 Å². The summed E-state index contributed by atoms with van der Waals surface area (Å²) in [6, 6.07) is 2.83. The lowest BCUT2D eigenvalue weighted by Gasteiger charge is -2.06. The Hall–Kier alpha value is -0.930. The second-order valence-corrected chi connectivity index (χ2v) is 3.39. The van der Waals surface area contributed by atoms with Crippen molar-refractivity contribution in [3.63, 3.8) is 0 Å². The van der Waals surface area contributed by atoms with Crippen LogP contribution in [0.25, 0.3) is 0 Å². The number of esters is 1. The standard InChI is InChI=1S/C9H9Cl2NO2/c1-2-14-9(13)5-3-8(12)7(11)4-6(5)10/h3-4H,2,12H2,1H3. The molecule has 1 aromatic rings. The first kappa shape index (κ1) is 11.1. The van der Waals surface area contributed by atoms with Crippen molar-refractivity contribution in [2.24, 2.45) is 0 Å². The summed E-state index contributed by atoms with van der Waals surface area (Å²) in [5, 5.41) is 0.561. The average Bonchev–Trinajstić information content (AvgIpc) is 2.11. The Morgan fingerprint density at radius 1 is 1.43 bits per heavy atom. The van der Waals surface area contributed by atoms with Crippen LogP contribution in [0.2, 0.25) is 10.0 Å². The molecule has 0 aliphatic carbocycles. The number of carbonyl (C=O) groups is 1. The van der Waals surface area contributed by atoms with Crippen molar-refractivity contribution in [2.75, 3.05) is 12.3 Å². The molecular formula is C9H9Cl2NO2. The Bertz CT molecular complexity index is 366. The van der Waals surface area contributed by atoms with Crippen molar-refractivity contribution in [1.82, 2.24) is 0 Å². The summed E-state index contributed by atoms with van der Waals surface area (Å²) in [5.41, 5.74) is 6.06. The highest BCUT2D eigenvalue weighted by Crippen LogP contribution is 2.27.